The van der Waals surface area contributed by atoms with Crippen LogP contribution in [-0.4, -0.2) is 144 Å². The molecular formula is C15H26O21S3. The van der Waals surface area contributed by atoms with Gasteiger partial charge in [0.25, 0.3) is 0 Å². The highest BCUT2D eigenvalue weighted by Crippen LogP contribution is 2.34. The minimum Gasteiger partial charge on any atom is -0.479 e. The van der Waals surface area contributed by atoms with Gasteiger partial charge in [-0.1, -0.05) is 0 Å². The first-order valence-electron chi connectivity index (χ1n) is 10.2. The zero-order valence-electron chi connectivity index (χ0n) is 20.0. The van der Waals surface area contributed by atoms with Gasteiger partial charge in [0, 0.05) is 21.3 Å². The van der Waals surface area contributed by atoms with Crippen molar-refractivity contribution in [3.05, 3.63) is 0 Å². The molecule has 0 aliphatic carbocycles. The van der Waals surface area contributed by atoms with Gasteiger partial charge in [0.05, 0.1) is 6.61 Å². The second kappa shape index (κ2) is 13.2. The van der Waals surface area contributed by atoms with Crippen LogP contribution in [0.5, 0.6) is 0 Å². The van der Waals surface area contributed by atoms with Gasteiger partial charge in [0.1, 0.15) is 36.6 Å². The zero-order valence-corrected chi connectivity index (χ0v) is 22.4. The van der Waals surface area contributed by atoms with E-state index in [1.807, 2.05) is 0 Å². The van der Waals surface area contributed by atoms with E-state index in [0.29, 0.717) is 0 Å². The average molecular weight is 639 g/mol. The molecule has 10 atom stereocenters. The summed E-state index contributed by atoms with van der Waals surface area (Å²) in [6.07, 6.45) is -19.6. The Labute approximate surface area is 221 Å². The molecule has 21 nitrogen and oxygen atoms in total. The number of aliphatic hydroxyl groups is 1. The van der Waals surface area contributed by atoms with E-state index in [4.69, 9.17) is 37.5 Å². The van der Waals surface area contributed by atoms with Crippen molar-refractivity contribution in [2.24, 2.45) is 0 Å². The lowest BCUT2D eigenvalue weighted by Gasteiger charge is -2.47. The van der Waals surface area contributed by atoms with Gasteiger partial charge in [-0.25, -0.2) is 17.3 Å². The second-order valence-corrected chi connectivity index (χ2v) is 10.9. The average Bonchev–Trinajstić information content (AvgIpc) is 2.78. The number of carboxylic acid groups (broad SMARTS) is 1. The number of methoxy groups -OCH3 is 3. The van der Waals surface area contributed by atoms with E-state index in [9.17, 15) is 44.8 Å². The highest BCUT2D eigenvalue weighted by molar-refractivity contribution is 7.81. The van der Waals surface area contributed by atoms with E-state index in [0.717, 1.165) is 21.3 Å². The molecule has 2 rings (SSSR count). The van der Waals surface area contributed by atoms with Crippen LogP contribution in [0, 0.1) is 0 Å². The molecule has 2 heterocycles. The second-order valence-electron chi connectivity index (χ2n) is 7.72. The van der Waals surface area contributed by atoms with E-state index in [2.05, 4.69) is 12.5 Å². The van der Waals surface area contributed by atoms with Crippen LogP contribution in [0.4, 0.5) is 0 Å². The quantitative estimate of drug-likeness (QED) is 0.120. The highest BCUT2D eigenvalue weighted by Gasteiger charge is 2.56. The molecule has 0 aromatic heterocycles. The van der Waals surface area contributed by atoms with Gasteiger partial charge >= 0.3 is 37.2 Å². The molecule has 0 unspecified atom stereocenters. The SMILES string of the molecule is CO[C@@H]1[C@@H](OC)[C@H](O[C@H]2[C@H](OS(=O)(=O)O)[C@@H](OS(=O)(=O)O)[C@@H](O)O[C@@H]2COS(=O)(=O)O)O[C@H](C(=O)O)[C@H]1OC. The van der Waals surface area contributed by atoms with Crippen LogP contribution in [0.25, 0.3) is 0 Å². The van der Waals surface area contributed by atoms with Gasteiger partial charge < -0.3 is 38.6 Å². The zero-order chi connectivity index (χ0) is 29.9. The number of aliphatic carboxylic acids is 1. The Kier molecular flexibility index (Phi) is 11.5. The van der Waals surface area contributed by atoms with E-state index in [-0.39, 0.29) is 0 Å². The number of carbonyl (C=O) groups is 1. The van der Waals surface area contributed by atoms with E-state index >= 15 is 0 Å². The van der Waals surface area contributed by atoms with Crippen LogP contribution in [-0.2, 0) is 77.0 Å². The van der Waals surface area contributed by atoms with Gasteiger partial charge in [-0.2, -0.15) is 25.3 Å². The maximum absolute atomic E-state index is 11.8. The summed E-state index contributed by atoms with van der Waals surface area (Å²) in [6, 6.07) is 0. The first kappa shape index (κ1) is 34.0. The molecule has 0 amide bonds. The molecular weight excluding hydrogens is 612 g/mol. The van der Waals surface area contributed by atoms with Crippen molar-refractivity contribution in [1.29, 1.82) is 0 Å². The molecule has 39 heavy (non-hydrogen) atoms. The Morgan fingerprint density at radius 3 is 1.67 bits per heavy atom. The molecule has 0 saturated carbocycles. The topological polar surface area (TPSA) is 304 Å². The van der Waals surface area contributed by atoms with Gasteiger partial charge in [-0.05, 0) is 0 Å². The fourth-order valence-corrected chi connectivity index (χ4v) is 5.18. The summed E-state index contributed by atoms with van der Waals surface area (Å²) in [5, 5.41) is 19.8. The first-order chi connectivity index (χ1) is 17.8. The van der Waals surface area contributed by atoms with Crippen LogP contribution in [0.2, 0.25) is 0 Å². The lowest BCUT2D eigenvalue weighted by molar-refractivity contribution is -0.351. The molecule has 0 bridgehead atoms. The lowest BCUT2D eigenvalue weighted by Crippen LogP contribution is -2.66. The Morgan fingerprint density at radius 1 is 0.718 bits per heavy atom. The van der Waals surface area contributed by atoms with Crippen LogP contribution >= 0.6 is 0 Å². The Morgan fingerprint density at radius 2 is 1.23 bits per heavy atom. The molecule has 0 spiro atoms. The maximum atomic E-state index is 11.8. The fourth-order valence-electron chi connectivity index (χ4n) is 3.89. The third kappa shape index (κ3) is 9.42. The predicted molar refractivity (Wildman–Crippen MR) is 115 cm³/mol. The number of carboxylic acids is 1. The first-order valence-corrected chi connectivity index (χ1v) is 14.3. The summed E-state index contributed by atoms with van der Waals surface area (Å²) in [7, 11) is -12.9. The summed E-state index contributed by atoms with van der Waals surface area (Å²) in [5.41, 5.74) is 0. The van der Waals surface area contributed by atoms with Gasteiger partial charge in [-0.15, -0.1) is 0 Å². The van der Waals surface area contributed by atoms with E-state index < -0.39 is 105 Å². The Hall–Kier alpha value is -1.20. The minimum absolute atomic E-state index is 1.08. The Balaban J connectivity index is 2.61. The number of aliphatic hydroxyl groups excluding tert-OH is 1. The lowest BCUT2D eigenvalue weighted by atomic mass is 9.96. The molecule has 230 valence electrons. The van der Waals surface area contributed by atoms with Gasteiger partial charge in [0.2, 0.25) is 0 Å². The summed E-state index contributed by atoms with van der Waals surface area (Å²) < 4.78 is 140. The van der Waals surface area contributed by atoms with Crippen molar-refractivity contribution in [2.45, 2.75) is 61.4 Å². The summed E-state index contributed by atoms with van der Waals surface area (Å²) >= 11 is 0. The van der Waals surface area contributed by atoms with Gasteiger partial charge in [-0.3, -0.25) is 13.7 Å². The monoisotopic (exact) mass is 638 g/mol. The molecule has 0 radical (unpaired) electrons. The van der Waals surface area contributed by atoms with Crippen LogP contribution in [0.3, 0.4) is 0 Å². The number of hydrogen-bond acceptors (Lipinski definition) is 17. The maximum Gasteiger partial charge on any atom is 0.397 e. The molecule has 5 N–H and O–H groups in total. The smallest absolute Gasteiger partial charge is 0.397 e. The van der Waals surface area contributed by atoms with Crippen molar-refractivity contribution in [3.8, 4) is 0 Å². The molecule has 24 heteroatoms. The fraction of sp³-hybridized carbons (Fsp3) is 0.933. The Bertz CT molecular complexity index is 1150. The van der Waals surface area contributed by atoms with Crippen LogP contribution < -0.4 is 0 Å². The minimum atomic E-state index is -5.57. The standard InChI is InChI=1S/C15H26O21S3/c1-28-7-8(29-2)12(30-3)15(34-10(7)13(16)17)33-6-5(4-31-37(19,20)21)32-14(18)11(36-39(25,26)27)9(6)35-38(22,23)24/h5-12,14-15,18H,4H2,1-3H3,(H,16,17)(H,19,20,21)(H,22,23,24)(H,25,26,27)/t5-,6-,7+,8+,9+,10+,11-,12-,14+,15-/m1/s1. The number of hydrogen-bond donors (Lipinski definition) is 5. The third-order valence-electron chi connectivity index (χ3n) is 5.30. The summed E-state index contributed by atoms with van der Waals surface area (Å²) in [5.74, 6) is -1.60. The highest BCUT2D eigenvalue weighted by atomic mass is 32.3. The summed E-state index contributed by atoms with van der Waals surface area (Å²) in [6.45, 7) is -1.29. The van der Waals surface area contributed by atoms with Crippen molar-refractivity contribution >= 4 is 37.2 Å². The van der Waals surface area contributed by atoms with Gasteiger partial charge in [0.15, 0.2) is 24.8 Å². The van der Waals surface area contributed by atoms with E-state index in [1.54, 1.807) is 0 Å². The van der Waals surface area contributed by atoms with Crippen molar-refractivity contribution in [1.82, 2.24) is 0 Å². The molecule has 2 fully saturated rings. The molecule has 2 saturated heterocycles. The van der Waals surface area contributed by atoms with Crippen molar-refractivity contribution in [3.63, 3.8) is 0 Å². The summed E-state index contributed by atoms with van der Waals surface area (Å²) in [4.78, 5) is 11.8. The molecule has 2 aliphatic rings. The molecule has 2 aliphatic heterocycles. The number of ether oxygens (including phenoxy) is 6. The van der Waals surface area contributed by atoms with E-state index in [1.165, 1.54) is 0 Å². The molecule has 0 aromatic rings. The normalized spacial score (nSPS) is 36.5. The van der Waals surface area contributed by atoms with Crippen molar-refractivity contribution in [2.75, 3.05) is 27.9 Å². The largest absolute Gasteiger partial charge is 0.479 e. The third-order valence-corrected chi connectivity index (χ3v) is 6.67. The van der Waals surface area contributed by atoms with Crippen LogP contribution in [0.15, 0.2) is 0 Å². The van der Waals surface area contributed by atoms with Crippen LogP contribution in [0.1, 0.15) is 0 Å². The van der Waals surface area contributed by atoms with Crippen molar-refractivity contribution < 1.29 is 94.9 Å². The predicted octanol–water partition coefficient (Wildman–Crippen LogP) is -3.86. The molecule has 0 aromatic carbocycles. The number of rotatable bonds is 13.